The van der Waals surface area contributed by atoms with E-state index in [-0.39, 0.29) is 12.1 Å². The van der Waals surface area contributed by atoms with Gasteiger partial charge in [-0.15, -0.1) is 15.3 Å². The monoisotopic (exact) mass is 350 g/mol. The summed E-state index contributed by atoms with van der Waals surface area (Å²) >= 11 is 0. The van der Waals surface area contributed by atoms with Crippen LogP contribution in [0.3, 0.4) is 0 Å². The Morgan fingerprint density at radius 3 is 2.85 bits per heavy atom. The van der Waals surface area contributed by atoms with E-state index >= 15 is 0 Å². The lowest BCUT2D eigenvalue weighted by Gasteiger charge is -2.29. The third kappa shape index (κ3) is 1.67. The van der Waals surface area contributed by atoms with Crippen molar-refractivity contribution >= 4 is 11.5 Å². The number of rotatable bonds is 2. The summed E-state index contributed by atoms with van der Waals surface area (Å²) in [5.41, 5.74) is 2.91. The highest BCUT2D eigenvalue weighted by atomic mass is 19.2. The summed E-state index contributed by atoms with van der Waals surface area (Å²) in [6, 6.07) is 7.82. The van der Waals surface area contributed by atoms with Crippen molar-refractivity contribution in [3.05, 3.63) is 42.4 Å². The Hall–Kier alpha value is -3.23. The maximum absolute atomic E-state index is 14.1. The molecule has 1 aliphatic carbocycles. The second-order valence-corrected chi connectivity index (χ2v) is 7.22. The molecule has 0 atom stereocenters. The first-order chi connectivity index (χ1) is 12.7. The number of halogens is 1. The highest BCUT2D eigenvalue weighted by molar-refractivity contribution is 5.89. The fraction of sp³-hybridized carbons (Fsp3) is 0.294. The zero-order chi connectivity index (χ0) is 17.5. The van der Waals surface area contributed by atoms with Gasteiger partial charge in [-0.05, 0) is 25.0 Å². The van der Waals surface area contributed by atoms with Crippen LogP contribution in [-0.4, -0.2) is 41.5 Å². The highest BCUT2D eigenvalue weighted by Gasteiger charge is 2.44. The molecule has 2 aromatic heterocycles. The molecule has 0 unspecified atom stereocenters. The predicted octanol–water partition coefficient (Wildman–Crippen LogP) is 2.31. The maximum atomic E-state index is 14.1. The highest BCUT2D eigenvalue weighted by Crippen LogP contribution is 2.48. The molecule has 0 bridgehead atoms. The molecule has 1 aromatic carbocycles. The van der Waals surface area contributed by atoms with Crippen LogP contribution in [0.4, 0.5) is 10.2 Å². The van der Waals surface area contributed by atoms with Crippen LogP contribution in [-0.2, 0) is 5.41 Å². The molecule has 26 heavy (non-hydrogen) atoms. The number of hydrogen-bond acceptors (Lipinski definition) is 6. The molecule has 0 saturated heterocycles. The van der Waals surface area contributed by atoms with Gasteiger partial charge in [0.15, 0.2) is 5.82 Å². The van der Waals surface area contributed by atoms with Gasteiger partial charge in [0.25, 0.3) is 5.95 Å². The second-order valence-electron chi connectivity index (χ2n) is 7.22. The summed E-state index contributed by atoms with van der Waals surface area (Å²) in [7, 11) is 0. The van der Waals surface area contributed by atoms with E-state index in [0.717, 1.165) is 29.8 Å². The van der Waals surface area contributed by atoms with Crippen molar-refractivity contribution in [1.82, 2.24) is 34.9 Å². The zero-order valence-corrected chi connectivity index (χ0v) is 14.0. The van der Waals surface area contributed by atoms with E-state index in [9.17, 15) is 4.48 Å². The van der Waals surface area contributed by atoms with Crippen molar-refractivity contribution in [3.8, 4) is 17.3 Å². The van der Waals surface area contributed by atoms with Crippen molar-refractivity contribution in [2.75, 3.05) is 11.6 Å². The van der Waals surface area contributed by atoms with Crippen LogP contribution in [0.1, 0.15) is 25.5 Å². The Labute approximate surface area is 148 Å². The molecule has 0 N–H and O–H groups in total. The fourth-order valence-electron chi connectivity index (χ4n) is 3.76. The van der Waals surface area contributed by atoms with Crippen molar-refractivity contribution in [3.63, 3.8) is 0 Å². The molecule has 2 aliphatic heterocycles. The van der Waals surface area contributed by atoms with E-state index in [0.29, 0.717) is 22.7 Å². The van der Waals surface area contributed by atoms with Gasteiger partial charge in [0, 0.05) is 11.0 Å². The average Bonchev–Trinajstić information content (AvgIpc) is 3.05. The minimum Gasteiger partial charge on any atom is -0.304 e. The number of benzene rings is 1. The third-order valence-corrected chi connectivity index (χ3v) is 5.48. The standard InChI is InChI=1S/C17H15FN8/c1-17(6-7-17)13-8-19-22-26(13)16-21-20-15-11-4-2-3-5-12(11)24-10-23(18)9-14(24)25(15)16/h2-5,8-9H,6-7,10H2,1H3. The second kappa shape index (κ2) is 4.48. The average molecular weight is 350 g/mol. The Balaban J connectivity index is 1.62. The van der Waals surface area contributed by atoms with Crippen molar-refractivity contribution < 1.29 is 4.48 Å². The first kappa shape index (κ1) is 14.0. The topological polar surface area (TPSA) is 67.9 Å². The predicted molar refractivity (Wildman–Crippen MR) is 91.5 cm³/mol. The van der Waals surface area contributed by atoms with Gasteiger partial charge in [-0.3, -0.25) is 0 Å². The van der Waals surface area contributed by atoms with Crippen LogP contribution in [0, 0.1) is 0 Å². The molecule has 8 nitrogen and oxygen atoms in total. The van der Waals surface area contributed by atoms with Gasteiger partial charge in [-0.25, -0.2) is 4.57 Å². The number of fused-ring (bicyclic) bond motifs is 6. The van der Waals surface area contributed by atoms with Crippen molar-refractivity contribution in [2.24, 2.45) is 0 Å². The first-order valence-corrected chi connectivity index (χ1v) is 8.54. The number of para-hydroxylation sites is 1. The van der Waals surface area contributed by atoms with Crippen LogP contribution < -0.4 is 4.90 Å². The van der Waals surface area contributed by atoms with Gasteiger partial charge in [0.05, 0.1) is 23.8 Å². The summed E-state index contributed by atoms with van der Waals surface area (Å²) in [5, 5.41) is 17.8. The summed E-state index contributed by atoms with van der Waals surface area (Å²) < 4.78 is 17.7. The lowest BCUT2D eigenvalue weighted by atomic mass is 10.1. The molecule has 3 aromatic rings. The van der Waals surface area contributed by atoms with Crippen molar-refractivity contribution in [1.29, 1.82) is 0 Å². The van der Waals surface area contributed by atoms with E-state index in [1.807, 2.05) is 33.7 Å². The van der Waals surface area contributed by atoms with Gasteiger partial charge in [0.2, 0.25) is 0 Å². The molecule has 0 spiro atoms. The minimum absolute atomic E-state index is 0.0678. The van der Waals surface area contributed by atoms with Crippen LogP contribution in [0.5, 0.6) is 0 Å². The molecule has 6 rings (SSSR count). The Bertz CT molecular complexity index is 1080. The smallest absolute Gasteiger partial charge is 0.259 e. The number of anilines is 1. The molecule has 3 aliphatic rings. The number of nitrogens with zero attached hydrogens (tertiary/aromatic N) is 8. The van der Waals surface area contributed by atoms with Crippen LogP contribution >= 0.6 is 0 Å². The maximum Gasteiger partial charge on any atom is 0.259 e. The lowest BCUT2D eigenvalue weighted by Crippen LogP contribution is -2.29. The molecule has 1 fully saturated rings. The first-order valence-electron chi connectivity index (χ1n) is 8.54. The molecule has 9 heteroatoms. The molecule has 0 amide bonds. The Morgan fingerprint density at radius 2 is 2.00 bits per heavy atom. The zero-order valence-electron chi connectivity index (χ0n) is 14.0. The molecular formula is C17H15FN8. The van der Waals surface area contributed by atoms with E-state index in [2.05, 4.69) is 27.4 Å². The van der Waals surface area contributed by atoms with E-state index < -0.39 is 0 Å². The summed E-state index contributed by atoms with van der Waals surface area (Å²) in [5.74, 6) is 1.88. The van der Waals surface area contributed by atoms with Crippen LogP contribution in [0.25, 0.3) is 23.2 Å². The molecular weight excluding hydrogens is 335 g/mol. The van der Waals surface area contributed by atoms with Gasteiger partial charge in [0.1, 0.15) is 12.5 Å². The van der Waals surface area contributed by atoms with Gasteiger partial charge < -0.3 is 4.90 Å². The normalized spacial score (nSPS) is 19.1. The Morgan fingerprint density at radius 1 is 1.15 bits per heavy atom. The van der Waals surface area contributed by atoms with Crippen LogP contribution in [0.15, 0.2) is 36.7 Å². The summed E-state index contributed by atoms with van der Waals surface area (Å²) in [6.07, 6.45) is 5.43. The van der Waals surface area contributed by atoms with E-state index in [4.69, 9.17) is 0 Å². The minimum atomic E-state index is 0.0678. The molecule has 1 saturated carbocycles. The van der Waals surface area contributed by atoms with Crippen molar-refractivity contribution in [2.45, 2.75) is 25.2 Å². The van der Waals surface area contributed by atoms with Crippen LogP contribution in [0.2, 0.25) is 0 Å². The van der Waals surface area contributed by atoms with E-state index in [1.54, 1.807) is 10.9 Å². The summed E-state index contributed by atoms with van der Waals surface area (Å²) in [4.78, 5) is 1.91. The van der Waals surface area contributed by atoms with Gasteiger partial charge in [-0.2, -0.15) is 9.80 Å². The molecule has 4 heterocycles. The Kier molecular flexibility index (Phi) is 2.41. The molecule has 130 valence electrons. The lowest BCUT2D eigenvalue weighted by molar-refractivity contribution is 0.104. The number of hydrogen-bond donors (Lipinski definition) is 0. The van der Waals surface area contributed by atoms with E-state index in [1.165, 1.54) is 6.20 Å². The summed E-state index contributed by atoms with van der Waals surface area (Å²) in [6.45, 7) is 2.32. The largest absolute Gasteiger partial charge is 0.304 e. The SMILES string of the molecule is CC1(c2cnnn2-c2nnc3n2C2=CN(F)CN2c2ccccc2-3)CC1. The third-order valence-electron chi connectivity index (χ3n) is 5.48. The number of aromatic nitrogens is 6. The quantitative estimate of drug-likeness (QED) is 0.661. The van der Waals surface area contributed by atoms with Gasteiger partial charge in [-0.1, -0.05) is 28.8 Å². The fourth-order valence-corrected chi connectivity index (χ4v) is 3.76. The van der Waals surface area contributed by atoms with Gasteiger partial charge >= 0.3 is 0 Å². The molecule has 0 radical (unpaired) electrons.